The van der Waals surface area contributed by atoms with Crippen molar-refractivity contribution >= 4 is 22.9 Å². The minimum absolute atomic E-state index is 0.0531. The molecule has 1 aromatic rings. The minimum atomic E-state index is -0.148. The molecule has 3 aliphatic heterocycles. The molecule has 0 radical (unpaired) electrons. The number of morpholine rings is 1. The van der Waals surface area contributed by atoms with Gasteiger partial charge in [-0.25, -0.2) is 0 Å². The maximum Gasteiger partial charge on any atom is 0.261 e. The second kappa shape index (κ2) is 6.43. The van der Waals surface area contributed by atoms with Crippen LogP contribution < -0.4 is 16.0 Å². The average Bonchev–Trinajstić information content (AvgIpc) is 2.76. The zero-order chi connectivity index (χ0) is 16.5. The van der Waals surface area contributed by atoms with Crippen molar-refractivity contribution in [1.82, 2.24) is 5.32 Å². The fraction of sp³-hybridized carbons (Fsp3) is 0.471. The van der Waals surface area contributed by atoms with E-state index in [0.29, 0.717) is 57.4 Å². The van der Waals surface area contributed by atoms with Crippen LogP contribution in [0.4, 0.5) is 11.4 Å². The molecule has 7 heteroatoms. The Morgan fingerprint density at radius 2 is 1.92 bits per heavy atom. The van der Waals surface area contributed by atoms with E-state index in [4.69, 9.17) is 19.9 Å². The lowest BCUT2D eigenvalue weighted by molar-refractivity contribution is -0.113. The zero-order valence-corrected chi connectivity index (χ0v) is 13.4. The summed E-state index contributed by atoms with van der Waals surface area (Å²) in [5, 5.41) is 3.29. The van der Waals surface area contributed by atoms with Crippen LogP contribution in [0, 0.1) is 0 Å². The number of rotatable bonds is 1. The average molecular weight is 331 g/mol. The maximum absolute atomic E-state index is 13.2. The van der Waals surface area contributed by atoms with E-state index < -0.39 is 0 Å². The smallest absolute Gasteiger partial charge is 0.261 e. The van der Waals surface area contributed by atoms with Crippen LogP contribution in [0.3, 0.4) is 0 Å². The third-order valence-electron chi connectivity index (χ3n) is 4.47. The van der Waals surface area contributed by atoms with Crippen LogP contribution in [0.2, 0.25) is 0 Å². The number of benzene rings is 1. The number of nitrogens with two attached hydrogens (primary N) is 1. The largest absolute Gasteiger partial charge is 0.399 e. The van der Waals surface area contributed by atoms with E-state index in [9.17, 15) is 4.79 Å². The highest BCUT2D eigenvalue weighted by Crippen LogP contribution is 2.40. The molecular formula is C17H21N3O4. The highest BCUT2D eigenvalue weighted by atomic mass is 16.5. The number of carbonyl (C=O) groups is 1. The summed E-state index contributed by atoms with van der Waals surface area (Å²) >= 11 is 0. The Balaban J connectivity index is 1.78. The Morgan fingerprint density at radius 3 is 2.62 bits per heavy atom. The summed E-state index contributed by atoms with van der Waals surface area (Å²) in [4.78, 5) is 15.0. The molecule has 0 atom stereocenters. The second-order valence-electron chi connectivity index (χ2n) is 6.09. The van der Waals surface area contributed by atoms with Gasteiger partial charge in [0.2, 0.25) is 0 Å². The van der Waals surface area contributed by atoms with Gasteiger partial charge in [0, 0.05) is 17.8 Å². The van der Waals surface area contributed by atoms with Gasteiger partial charge in [-0.2, -0.15) is 0 Å². The molecule has 0 bridgehead atoms. The number of ether oxygens (including phenoxy) is 3. The number of amides is 1. The lowest BCUT2D eigenvalue weighted by Gasteiger charge is -2.26. The van der Waals surface area contributed by atoms with Crippen molar-refractivity contribution in [3.05, 3.63) is 29.5 Å². The number of hydrogen-bond acceptors (Lipinski definition) is 6. The van der Waals surface area contributed by atoms with Gasteiger partial charge >= 0.3 is 0 Å². The van der Waals surface area contributed by atoms with Crippen molar-refractivity contribution in [2.75, 3.05) is 56.8 Å². The first kappa shape index (κ1) is 15.4. The lowest BCUT2D eigenvalue weighted by atomic mass is 10.0. The number of fused-ring (bicyclic) bond motifs is 1. The molecule has 1 aromatic carbocycles. The van der Waals surface area contributed by atoms with Crippen molar-refractivity contribution in [3.63, 3.8) is 0 Å². The number of carbonyl (C=O) groups excluding carboxylic acids is 1. The molecule has 0 spiro atoms. The number of anilines is 2. The van der Waals surface area contributed by atoms with Gasteiger partial charge in [0.15, 0.2) is 0 Å². The van der Waals surface area contributed by atoms with E-state index in [0.717, 1.165) is 16.9 Å². The molecule has 1 amide bonds. The molecule has 128 valence electrons. The monoisotopic (exact) mass is 331 g/mol. The molecule has 2 fully saturated rings. The number of nitrogens with one attached hydrogen (secondary N) is 1. The van der Waals surface area contributed by atoms with Crippen molar-refractivity contribution in [2.24, 2.45) is 0 Å². The molecule has 4 rings (SSSR count). The molecule has 3 aliphatic rings. The van der Waals surface area contributed by atoms with Gasteiger partial charge in [0.1, 0.15) is 0 Å². The summed E-state index contributed by atoms with van der Waals surface area (Å²) in [6.07, 6.45) is 0. The summed E-state index contributed by atoms with van der Waals surface area (Å²) < 4.78 is 16.7. The van der Waals surface area contributed by atoms with Crippen LogP contribution in [0.5, 0.6) is 0 Å². The molecule has 0 aliphatic carbocycles. The number of nitrogen functional groups attached to an aromatic ring is 1. The summed E-state index contributed by atoms with van der Waals surface area (Å²) in [6.45, 7) is 3.76. The first-order chi connectivity index (χ1) is 11.8. The van der Waals surface area contributed by atoms with Gasteiger partial charge in [-0.1, -0.05) is 0 Å². The van der Waals surface area contributed by atoms with Crippen LogP contribution in [0.25, 0.3) is 5.57 Å². The van der Waals surface area contributed by atoms with E-state index in [1.165, 1.54) is 0 Å². The fourth-order valence-corrected chi connectivity index (χ4v) is 3.38. The SMILES string of the molecule is Nc1ccc2c(c1)/C(=C1\COCCN1)C(=O)N2C1COCCOC1. The summed E-state index contributed by atoms with van der Waals surface area (Å²) in [7, 11) is 0. The minimum Gasteiger partial charge on any atom is -0.399 e. The van der Waals surface area contributed by atoms with Crippen LogP contribution in [-0.2, 0) is 19.0 Å². The van der Waals surface area contributed by atoms with E-state index in [2.05, 4.69) is 5.32 Å². The quantitative estimate of drug-likeness (QED) is 0.571. The molecule has 3 heterocycles. The second-order valence-corrected chi connectivity index (χ2v) is 6.09. The van der Waals surface area contributed by atoms with Gasteiger partial charge in [0.25, 0.3) is 5.91 Å². The summed E-state index contributed by atoms with van der Waals surface area (Å²) in [5.74, 6) is -0.0531. The predicted octanol–water partition coefficient (Wildman–Crippen LogP) is 0.362. The Hall–Kier alpha value is -2.09. The van der Waals surface area contributed by atoms with Crippen LogP contribution in [0.15, 0.2) is 23.9 Å². The van der Waals surface area contributed by atoms with Crippen molar-refractivity contribution < 1.29 is 19.0 Å². The van der Waals surface area contributed by atoms with E-state index in [1.54, 1.807) is 4.90 Å². The first-order valence-corrected chi connectivity index (χ1v) is 8.19. The number of nitrogens with zero attached hydrogens (tertiary/aromatic N) is 1. The van der Waals surface area contributed by atoms with E-state index >= 15 is 0 Å². The van der Waals surface area contributed by atoms with Crippen LogP contribution in [-0.4, -0.2) is 58.1 Å². The number of hydrogen-bond donors (Lipinski definition) is 2. The maximum atomic E-state index is 13.2. The third kappa shape index (κ3) is 2.64. The van der Waals surface area contributed by atoms with E-state index in [1.807, 2.05) is 18.2 Å². The third-order valence-corrected chi connectivity index (χ3v) is 4.47. The molecule has 24 heavy (non-hydrogen) atoms. The molecule has 0 saturated carbocycles. The molecule has 0 unspecified atom stereocenters. The Kier molecular flexibility index (Phi) is 4.13. The molecule has 7 nitrogen and oxygen atoms in total. The van der Waals surface area contributed by atoms with Crippen LogP contribution in [0.1, 0.15) is 5.56 Å². The van der Waals surface area contributed by atoms with Crippen molar-refractivity contribution in [2.45, 2.75) is 6.04 Å². The highest BCUT2D eigenvalue weighted by Gasteiger charge is 2.39. The highest BCUT2D eigenvalue weighted by molar-refractivity contribution is 6.33. The Labute approximate surface area is 140 Å². The fourth-order valence-electron chi connectivity index (χ4n) is 3.38. The normalized spacial score (nSPS) is 25.3. The molecule has 3 N–H and O–H groups in total. The topological polar surface area (TPSA) is 86.0 Å². The molecular weight excluding hydrogens is 310 g/mol. The van der Waals surface area contributed by atoms with Gasteiger partial charge in [-0.05, 0) is 18.2 Å². The molecule has 0 aromatic heterocycles. The zero-order valence-electron chi connectivity index (χ0n) is 13.4. The summed E-state index contributed by atoms with van der Waals surface area (Å²) in [6, 6.07) is 5.41. The van der Waals surface area contributed by atoms with Gasteiger partial charge < -0.3 is 25.3 Å². The van der Waals surface area contributed by atoms with E-state index in [-0.39, 0.29) is 11.9 Å². The summed E-state index contributed by atoms with van der Waals surface area (Å²) in [5.41, 5.74) is 9.75. The first-order valence-electron chi connectivity index (χ1n) is 8.19. The Morgan fingerprint density at radius 1 is 1.12 bits per heavy atom. The van der Waals surface area contributed by atoms with Gasteiger partial charge in [0.05, 0.1) is 62.6 Å². The standard InChI is InChI=1S/C17H21N3O4/c18-11-1-2-15-13(7-11)16(14-10-22-4-3-19-14)17(21)20(15)12-8-23-5-6-24-9-12/h1-2,7,12,19H,3-6,8-10,18H2/b16-14-. The van der Waals surface area contributed by atoms with Gasteiger partial charge in [-0.15, -0.1) is 0 Å². The predicted molar refractivity (Wildman–Crippen MR) is 89.5 cm³/mol. The van der Waals surface area contributed by atoms with Gasteiger partial charge in [-0.3, -0.25) is 9.69 Å². The lowest BCUT2D eigenvalue weighted by Crippen LogP contribution is -2.43. The Bertz CT molecular complexity index is 672. The van der Waals surface area contributed by atoms with Crippen LogP contribution >= 0.6 is 0 Å². The molecule has 2 saturated heterocycles. The van der Waals surface area contributed by atoms with Crippen molar-refractivity contribution in [1.29, 1.82) is 0 Å². The van der Waals surface area contributed by atoms with Crippen molar-refractivity contribution in [3.8, 4) is 0 Å².